The molecular weight excluding hydrogens is 443 g/mol. The van der Waals surface area contributed by atoms with Crippen molar-refractivity contribution in [2.45, 2.75) is 18.9 Å². The van der Waals surface area contributed by atoms with E-state index in [1.807, 2.05) is 0 Å². The monoisotopic (exact) mass is 462 g/mol. The minimum absolute atomic E-state index is 0.172. The molecule has 0 fully saturated rings. The molecule has 2 amide bonds. The van der Waals surface area contributed by atoms with Gasteiger partial charge in [-0.3, -0.25) is 19.5 Å². The van der Waals surface area contributed by atoms with Crippen LogP contribution in [0.2, 0.25) is 0 Å². The molecular formula is C23H19FN6O4. The first-order valence-electron chi connectivity index (χ1n) is 10.4. The molecule has 1 aliphatic rings. The molecule has 0 radical (unpaired) electrons. The van der Waals surface area contributed by atoms with Gasteiger partial charge < -0.3 is 15.4 Å². The number of hydrogen-bond donors (Lipinski definition) is 3. The highest BCUT2D eigenvalue weighted by atomic mass is 19.1. The van der Waals surface area contributed by atoms with Crippen molar-refractivity contribution in [1.29, 1.82) is 0 Å². The van der Waals surface area contributed by atoms with Gasteiger partial charge in [-0.05, 0) is 48.4 Å². The number of halogens is 1. The number of anilines is 1. The topological polar surface area (TPSA) is 135 Å². The predicted molar refractivity (Wildman–Crippen MR) is 119 cm³/mol. The van der Waals surface area contributed by atoms with Crippen LogP contribution in [0, 0.1) is 12.7 Å². The van der Waals surface area contributed by atoms with Crippen LogP contribution < -0.4 is 21.1 Å². The average Bonchev–Trinajstić information content (AvgIpc) is 3.27. The van der Waals surface area contributed by atoms with Gasteiger partial charge in [-0.1, -0.05) is 17.3 Å². The zero-order chi connectivity index (χ0) is 23.7. The molecule has 3 N–H and O–H groups in total. The number of urea groups is 1. The fourth-order valence-electron chi connectivity index (χ4n) is 3.90. The van der Waals surface area contributed by atoms with Crippen molar-refractivity contribution in [3.8, 4) is 17.3 Å². The molecule has 34 heavy (non-hydrogen) atoms. The highest BCUT2D eigenvalue weighted by Crippen LogP contribution is 2.40. The standard InChI is InChI=1S/C23H19FN6O4/c1-13-4-5-14(11-16(13)24)23(8-10-33-18-3-2-9-25-19(18)23)29-21(31)27-15-6-7-17(26-12-15)20-28-22(32)34-30-20/h2-7,9,11-12H,8,10H2,1H3,(H2,27,29,31)(H,28,30,32)/t23-/m0/s1. The maximum atomic E-state index is 14.5. The van der Waals surface area contributed by atoms with E-state index in [4.69, 9.17) is 4.74 Å². The van der Waals surface area contributed by atoms with Gasteiger partial charge >= 0.3 is 11.8 Å². The first-order valence-corrected chi connectivity index (χ1v) is 10.4. The maximum Gasteiger partial charge on any atom is 0.439 e. The summed E-state index contributed by atoms with van der Waals surface area (Å²) in [6.45, 7) is 1.98. The van der Waals surface area contributed by atoms with E-state index in [0.29, 0.717) is 47.0 Å². The van der Waals surface area contributed by atoms with Crippen molar-refractivity contribution in [2.24, 2.45) is 0 Å². The van der Waals surface area contributed by atoms with Gasteiger partial charge in [0.1, 0.15) is 28.5 Å². The summed E-state index contributed by atoms with van der Waals surface area (Å²) in [5.41, 5.74) is 1.19. The lowest BCUT2D eigenvalue weighted by molar-refractivity contribution is 0.200. The average molecular weight is 462 g/mol. The van der Waals surface area contributed by atoms with Crippen molar-refractivity contribution in [2.75, 3.05) is 11.9 Å². The Morgan fingerprint density at radius 3 is 2.82 bits per heavy atom. The van der Waals surface area contributed by atoms with E-state index in [1.165, 1.54) is 12.3 Å². The van der Waals surface area contributed by atoms with Gasteiger partial charge in [-0.2, -0.15) is 0 Å². The number of rotatable bonds is 4. The maximum absolute atomic E-state index is 14.5. The van der Waals surface area contributed by atoms with Crippen molar-refractivity contribution in [1.82, 2.24) is 25.4 Å². The minimum atomic E-state index is -1.11. The summed E-state index contributed by atoms with van der Waals surface area (Å²) in [6, 6.07) is 11.0. The number of hydrogen-bond acceptors (Lipinski definition) is 7. The fourth-order valence-corrected chi connectivity index (χ4v) is 3.90. The third kappa shape index (κ3) is 3.87. The van der Waals surface area contributed by atoms with Gasteiger partial charge in [0.15, 0.2) is 0 Å². The summed E-state index contributed by atoms with van der Waals surface area (Å²) >= 11 is 0. The molecule has 3 aromatic heterocycles. The van der Waals surface area contributed by atoms with Crippen molar-refractivity contribution >= 4 is 11.7 Å². The van der Waals surface area contributed by atoms with Crippen molar-refractivity contribution < 1.29 is 18.4 Å². The summed E-state index contributed by atoms with van der Waals surface area (Å²) in [5.74, 6) is -0.385. The smallest absolute Gasteiger partial charge is 0.439 e. The van der Waals surface area contributed by atoms with E-state index < -0.39 is 17.3 Å². The fraction of sp³-hybridized carbons (Fsp3) is 0.174. The number of ether oxygens (including phenoxy) is 1. The molecule has 1 aliphatic heterocycles. The number of amides is 2. The van der Waals surface area contributed by atoms with Crippen LogP contribution in [0.15, 0.2) is 64.2 Å². The minimum Gasteiger partial charge on any atom is -0.491 e. The molecule has 4 heterocycles. The van der Waals surface area contributed by atoms with Gasteiger partial charge in [0.05, 0.1) is 18.5 Å². The summed E-state index contributed by atoms with van der Waals surface area (Å²) in [6.07, 6.45) is 3.36. The first kappa shape index (κ1) is 21.3. The summed E-state index contributed by atoms with van der Waals surface area (Å²) in [7, 11) is 0. The number of pyridine rings is 2. The molecule has 1 aromatic carbocycles. The second-order valence-corrected chi connectivity index (χ2v) is 7.77. The molecule has 5 rings (SSSR count). The quantitative estimate of drug-likeness (QED) is 0.424. The third-order valence-electron chi connectivity index (χ3n) is 5.61. The number of carbonyl (C=O) groups is 1. The SMILES string of the molecule is Cc1ccc([C@@]2(NC(=O)Nc3ccc(-c4noc(=O)[nH]4)nc3)CCOc3cccnc32)cc1F. The van der Waals surface area contributed by atoms with E-state index in [9.17, 15) is 14.0 Å². The number of carbonyl (C=O) groups excluding carboxylic acids is 1. The van der Waals surface area contributed by atoms with Gasteiger partial charge in [0.2, 0.25) is 5.82 Å². The van der Waals surface area contributed by atoms with Crippen LogP contribution in [0.3, 0.4) is 0 Å². The Morgan fingerprint density at radius 2 is 2.09 bits per heavy atom. The molecule has 11 heteroatoms. The Balaban J connectivity index is 1.45. The van der Waals surface area contributed by atoms with Crippen LogP contribution in [0.5, 0.6) is 5.75 Å². The zero-order valence-electron chi connectivity index (χ0n) is 18.0. The van der Waals surface area contributed by atoms with Crippen LogP contribution >= 0.6 is 0 Å². The van der Waals surface area contributed by atoms with Crippen molar-refractivity contribution in [3.63, 3.8) is 0 Å². The molecule has 0 unspecified atom stereocenters. The largest absolute Gasteiger partial charge is 0.491 e. The van der Waals surface area contributed by atoms with E-state index in [0.717, 1.165) is 0 Å². The number of nitrogens with one attached hydrogen (secondary N) is 3. The molecule has 172 valence electrons. The van der Waals surface area contributed by atoms with Gasteiger partial charge in [-0.25, -0.2) is 14.0 Å². The molecule has 0 bridgehead atoms. The highest BCUT2D eigenvalue weighted by molar-refractivity contribution is 5.90. The van der Waals surface area contributed by atoms with Gasteiger partial charge in [-0.15, -0.1) is 0 Å². The third-order valence-corrected chi connectivity index (χ3v) is 5.61. The van der Waals surface area contributed by atoms with Crippen LogP contribution in [0.4, 0.5) is 14.9 Å². The Kier molecular flexibility index (Phi) is 5.28. The van der Waals surface area contributed by atoms with E-state index in [1.54, 1.807) is 49.5 Å². The van der Waals surface area contributed by atoms with E-state index >= 15 is 0 Å². The van der Waals surface area contributed by atoms with Crippen LogP contribution in [-0.4, -0.2) is 32.7 Å². The molecule has 10 nitrogen and oxygen atoms in total. The van der Waals surface area contributed by atoms with E-state index in [-0.39, 0.29) is 11.6 Å². The van der Waals surface area contributed by atoms with Crippen LogP contribution in [-0.2, 0) is 5.54 Å². The molecule has 1 atom stereocenters. The Hall–Kier alpha value is -4.54. The lowest BCUT2D eigenvalue weighted by Crippen LogP contribution is -2.51. The Morgan fingerprint density at radius 1 is 1.21 bits per heavy atom. The lowest BCUT2D eigenvalue weighted by atomic mass is 9.81. The molecule has 0 saturated carbocycles. The Bertz CT molecular complexity index is 1420. The molecule has 0 saturated heterocycles. The molecule has 4 aromatic rings. The number of H-pyrrole nitrogens is 1. The zero-order valence-corrected chi connectivity index (χ0v) is 18.0. The normalized spacial score (nSPS) is 16.9. The van der Waals surface area contributed by atoms with Crippen molar-refractivity contribution in [3.05, 3.63) is 88.0 Å². The first-order chi connectivity index (χ1) is 16.4. The summed E-state index contributed by atoms with van der Waals surface area (Å²) in [5, 5.41) is 9.30. The number of fused-ring (bicyclic) bond motifs is 1. The summed E-state index contributed by atoms with van der Waals surface area (Å²) < 4.78 is 24.7. The van der Waals surface area contributed by atoms with Gasteiger partial charge in [0, 0.05) is 12.6 Å². The highest BCUT2D eigenvalue weighted by Gasteiger charge is 2.42. The van der Waals surface area contributed by atoms with Gasteiger partial charge in [0.25, 0.3) is 0 Å². The number of nitrogens with zero attached hydrogens (tertiary/aromatic N) is 3. The number of aryl methyl sites for hydroxylation is 1. The second kappa shape index (κ2) is 8.43. The number of benzene rings is 1. The molecule has 0 spiro atoms. The lowest BCUT2D eigenvalue weighted by Gasteiger charge is -2.39. The number of aromatic amines is 1. The predicted octanol–water partition coefficient (Wildman–Crippen LogP) is 3.12. The van der Waals surface area contributed by atoms with Crippen LogP contribution in [0.25, 0.3) is 11.5 Å². The Labute approximate surface area is 192 Å². The second-order valence-electron chi connectivity index (χ2n) is 7.77. The molecule has 0 aliphatic carbocycles. The summed E-state index contributed by atoms with van der Waals surface area (Å²) in [4.78, 5) is 35.3. The van der Waals surface area contributed by atoms with E-state index in [2.05, 4.69) is 35.3 Å². The number of aromatic nitrogens is 4. The van der Waals surface area contributed by atoms with Crippen LogP contribution in [0.1, 0.15) is 23.2 Å².